The number of carbonyl (C=O) groups is 3. The highest BCUT2D eigenvalue weighted by atomic mass is 31.2. The fourth-order valence-corrected chi connectivity index (χ4v) is 6.41. The van der Waals surface area contributed by atoms with E-state index in [-0.39, 0.29) is 18.2 Å². The topological polar surface area (TPSA) is 192 Å². The fourth-order valence-electron chi connectivity index (χ4n) is 4.91. The lowest BCUT2D eigenvalue weighted by molar-refractivity contribution is -0.175. The normalized spacial score (nSPS) is 23.0. The zero-order valence-electron chi connectivity index (χ0n) is 27.4. The molecule has 1 aromatic carbocycles. The number of carbonyl (C=O) groups excluding carboxylic acids is 3. The SMILES string of the molecule is CCOC(=O)[C@H](C)NP(=O)(OC[C@H]1O[C@@](C)(c2ccc3c(N)ncnn23)[C@H](OC(=O)C(C)C)[C@@H]1OC(=O)C(C)C)Oc1ccccc1. The Kier molecular flexibility index (Phi) is 11.3. The summed E-state index contributed by atoms with van der Waals surface area (Å²) in [5.41, 5.74) is 5.47. The summed E-state index contributed by atoms with van der Waals surface area (Å²) in [6.07, 6.45) is -2.35. The van der Waals surface area contributed by atoms with Crippen LogP contribution in [-0.2, 0) is 48.0 Å². The van der Waals surface area contributed by atoms with Gasteiger partial charge in [0.15, 0.2) is 18.0 Å². The van der Waals surface area contributed by atoms with Gasteiger partial charge in [-0.2, -0.15) is 10.2 Å². The largest absolute Gasteiger partial charge is 0.465 e. The molecule has 15 nitrogen and oxygen atoms in total. The van der Waals surface area contributed by atoms with E-state index in [2.05, 4.69) is 15.2 Å². The number of rotatable bonds is 14. The number of ether oxygens (including phenoxy) is 4. The first kappa shape index (κ1) is 35.8. The lowest BCUT2D eigenvalue weighted by Crippen LogP contribution is -2.46. The van der Waals surface area contributed by atoms with Crippen molar-refractivity contribution >= 4 is 37.0 Å². The van der Waals surface area contributed by atoms with Gasteiger partial charge >= 0.3 is 25.7 Å². The molecule has 1 fully saturated rings. The lowest BCUT2D eigenvalue weighted by atomic mass is 9.92. The van der Waals surface area contributed by atoms with Crippen molar-refractivity contribution in [3.63, 3.8) is 0 Å². The van der Waals surface area contributed by atoms with E-state index in [1.807, 2.05) is 0 Å². The summed E-state index contributed by atoms with van der Waals surface area (Å²) in [4.78, 5) is 42.6. The van der Waals surface area contributed by atoms with E-state index in [0.29, 0.717) is 11.2 Å². The Hall–Kier alpha value is -4.04. The number of aromatic nitrogens is 3. The van der Waals surface area contributed by atoms with Crippen LogP contribution in [0.3, 0.4) is 0 Å². The average Bonchev–Trinajstić information content (AvgIpc) is 3.57. The van der Waals surface area contributed by atoms with Crippen molar-refractivity contribution in [2.24, 2.45) is 11.8 Å². The molecule has 3 heterocycles. The van der Waals surface area contributed by atoms with Gasteiger partial charge < -0.3 is 29.2 Å². The number of hydrogen-bond acceptors (Lipinski definition) is 13. The van der Waals surface area contributed by atoms with Crippen molar-refractivity contribution in [1.29, 1.82) is 0 Å². The molecule has 2 aromatic heterocycles. The average molecular weight is 676 g/mol. The smallest absolute Gasteiger partial charge is 0.459 e. The summed E-state index contributed by atoms with van der Waals surface area (Å²) < 4.78 is 50.9. The number of nitrogens with zero attached hydrogens (tertiary/aromatic N) is 3. The summed E-state index contributed by atoms with van der Waals surface area (Å²) >= 11 is 0. The summed E-state index contributed by atoms with van der Waals surface area (Å²) in [6, 6.07) is 10.5. The van der Waals surface area contributed by atoms with Crippen LogP contribution in [-0.4, -0.2) is 70.1 Å². The first-order chi connectivity index (χ1) is 22.2. The van der Waals surface area contributed by atoms with Gasteiger partial charge in [0.2, 0.25) is 0 Å². The van der Waals surface area contributed by atoms with Gasteiger partial charge in [-0.25, -0.2) is 14.1 Å². The van der Waals surface area contributed by atoms with Crippen LogP contribution in [0.2, 0.25) is 0 Å². The van der Waals surface area contributed by atoms with Crippen LogP contribution in [0.4, 0.5) is 5.82 Å². The molecule has 1 aliphatic rings. The number of benzene rings is 1. The molecule has 256 valence electrons. The molecule has 0 spiro atoms. The van der Waals surface area contributed by atoms with E-state index < -0.39 is 74.1 Å². The minimum absolute atomic E-state index is 0.106. The molecule has 0 amide bonds. The monoisotopic (exact) mass is 675 g/mol. The Morgan fingerprint density at radius 2 is 1.68 bits per heavy atom. The van der Waals surface area contributed by atoms with Crippen LogP contribution < -0.4 is 15.3 Å². The van der Waals surface area contributed by atoms with Crippen molar-refractivity contribution in [3.05, 3.63) is 54.5 Å². The summed E-state index contributed by atoms with van der Waals surface area (Å²) in [7, 11) is -4.34. The van der Waals surface area contributed by atoms with E-state index in [4.69, 9.17) is 33.7 Å². The number of nitrogens with one attached hydrogen (secondary N) is 1. The predicted octanol–water partition coefficient (Wildman–Crippen LogP) is 3.81. The van der Waals surface area contributed by atoms with Crippen molar-refractivity contribution < 1.29 is 46.9 Å². The molecule has 1 aliphatic heterocycles. The molecule has 4 rings (SSSR count). The third-order valence-electron chi connectivity index (χ3n) is 7.40. The maximum absolute atomic E-state index is 14.2. The number of hydrogen-bond donors (Lipinski definition) is 2. The summed E-state index contributed by atoms with van der Waals surface area (Å²) in [5.74, 6) is -2.54. The third kappa shape index (κ3) is 8.10. The van der Waals surface area contributed by atoms with Crippen LogP contribution in [0, 0.1) is 11.8 Å². The molecule has 0 radical (unpaired) electrons. The second kappa shape index (κ2) is 14.8. The minimum atomic E-state index is -4.34. The Bertz CT molecular complexity index is 1620. The van der Waals surface area contributed by atoms with E-state index in [9.17, 15) is 18.9 Å². The van der Waals surface area contributed by atoms with Gasteiger partial charge in [-0.1, -0.05) is 45.9 Å². The lowest BCUT2D eigenvalue weighted by Gasteiger charge is -2.31. The molecule has 16 heteroatoms. The quantitative estimate of drug-likeness (QED) is 0.142. The molecule has 0 bridgehead atoms. The first-order valence-corrected chi connectivity index (χ1v) is 16.8. The molecule has 6 atom stereocenters. The molecule has 0 aliphatic carbocycles. The zero-order valence-corrected chi connectivity index (χ0v) is 28.3. The summed E-state index contributed by atoms with van der Waals surface area (Å²) in [5, 5.41) is 6.94. The van der Waals surface area contributed by atoms with Crippen LogP contribution in [0.25, 0.3) is 5.52 Å². The zero-order chi connectivity index (χ0) is 34.5. The number of anilines is 1. The molecule has 0 saturated carbocycles. The van der Waals surface area contributed by atoms with Crippen molar-refractivity contribution in [2.45, 2.75) is 78.4 Å². The first-order valence-electron chi connectivity index (χ1n) is 15.3. The van der Waals surface area contributed by atoms with Gasteiger partial charge in [-0.15, -0.1) is 0 Å². The van der Waals surface area contributed by atoms with Crippen LogP contribution in [0.1, 0.15) is 54.2 Å². The maximum atomic E-state index is 14.2. The standard InChI is InChI=1S/C31H42N5O10P/c1-8-41-30(39)20(6)35-47(40,46-21-12-10-9-11-13-21)42-16-23-25(43-28(37)18(2)3)26(44-29(38)19(4)5)31(7,45-23)24-15-14-22-27(32)33-17-34-36(22)24/h9-15,17-20,23,25-26H,8,16H2,1-7H3,(H,35,40)(H2,32,33,34)/t20-,23+,25+,26+,31-,47?/m0/s1. The molecule has 3 aromatic rings. The summed E-state index contributed by atoms with van der Waals surface area (Å²) in [6.45, 7) is 11.0. The molecular formula is C31H42N5O10P. The van der Waals surface area contributed by atoms with E-state index >= 15 is 0 Å². The molecule has 47 heavy (non-hydrogen) atoms. The maximum Gasteiger partial charge on any atom is 0.459 e. The fraction of sp³-hybridized carbons (Fsp3) is 0.516. The molecular weight excluding hydrogens is 633 g/mol. The minimum Gasteiger partial charge on any atom is -0.465 e. The van der Waals surface area contributed by atoms with Gasteiger partial charge in [-0.3, -0.25) is 18.9 Å². The third-order valence-corrected chi connectivity index (χ3v) is 9.05. The molecule has 3 N–H and O–H groups in total. The van der Waals surface area contributed by atoms with Gasteiger partial charge in [-0.05, 0) is 45.0 Å². The van der Waals surface area contributed by atoms with Gasteiger partial charge in [0, 0.05) is 0 Å². The highest BCUT2D eigenvalue weighted by molar-refractivity contribution is 7.52. The number of nitrogens with two attached hydrogens (primary N) is 1. The van der Waals surface area contributed by atoms with Crippen LogP contribution in [0.5, 0.6) is 5.75 Å². The van der Waals surface area contributed by atoms with Crippen LogP contribution >= 0.6 is 7.75 Å². The van der Waals surface area contributed by atoms with Crippen molar-refractivity contribution in [3.8, 4) is 5.75 Å². The van der Waals surface area contributed by atoms with Crippen molar-refractivity contribution in [2.75, 3.05) is 18.9 Å². The van der Waals surface area contributed by atoms with Crippen LogP contribution in [0.15, 0.2) is 48.8 Å². The Morgan fingerprint density at radius 3 is 2.32 bits per heavy atom. The highest BCUT2D eigenvalue weighted by Gasteiger charge is 2.59. The number of esters is 3. The van der Waals surface area contributed by atoms with E-state index in [0.717, 1.165) is 0 Å². The second-order valence-corrected chi connectivity index (χ2v) is 13.5. The Balaban J connectivity index is 1.75. The van der Waals surface area contributed by atoms with Crippen molar-refractivity contribution in [1.82, 2.24) is 19.7 Å². The Labute approximate surface area is 273 Å². The van der Waals surface area contributed by atoms with Gasteiger partial charge in [0.05, 0.1) is 30.7 Å². The predicted molar refractivity (Wildman–Crippen MR) is 169 cm³/mol. The van der Waals surface area contributed by atoms with E-state index in [1.54, 1.807) is 84.0 Å². The molecule has 1 unspecified atom stereocenters. The van der Waals surface area contributed by atoms with Gasteiger partial charge in [0.25, 0.3) is 0 Å². The highest BCUT2D eigenvalue weighted by Crippen LogP contribution is 2.48. The second-order valence-electron chi connectivity index (χ2n) is 11.8. The molecule has 1 saturated heterocycles. The number of fused-ring (bicyclic) bond motifs is 1. The van der Waals surface area contributed by atoms with E-state index in [1.165, 1.54) is 17.8 Å². The number of nitrogen functional groups attached to an aromatic ring is 1. The van der Waals surface area contributed by atoms with Gasteiger partial charge in [0.1, 0.15) is 35.3 Å². The number of para-hydroxylation sites is 1. The Morgan fingerprint density at radius 1 is 1.02 bits per heavy atom.